The van der Waals surface area contributed by atoms with Gasteiger partial charge in [0, 0.05) is 27.4 Å². The number of benzene rings is 2. The van der Waals surface area contributed by atoms with Gasteiger partial charge in [0.1, 0.15) is 0 Å². The maximum Gasteiger partial charge on any atom is 0.188 e. The van der Waals surface area contributed by atoms with Crippen LogP contribution in [0.2, 0.25) is 0 Å². The number of hydrogen-bond donors (Lipinski definition) is 1. The third-order valence-corrected chi connectivity index (χ3v) is 4.66. The van der Waals surface area contributed by atoms with E-state index in [1.807, 2.05) is 18.2 Å². The summed E-state index contributed by atoms with van der Waals surface area (Å²) in [6.07, 6.45) is 3.36. The molecule has 1 heterocycles. The van der Waals surface area contributed by atoms with Crippen LogP contribution in [0.15, 0.2) is 36.4 Å². The average molecular weight is 317 g/mol. The van der Waals surface area contributed by atoms with Crippen molar-refractivity contribution in [2.75, 3.05) is 0 Å². The summed E-state index contributed by atoms with van der Waals surface area (Å²) in [5.41, 5.74) is 3.55. The predicted molar refractivity (Wildman–Crippen MR) is 93.0 cm³/mol. The molecular formula is C20H15NO3. The summed E-state index contributed by atoms with van der Waals surface area (Å²) in [7, 11) is 0. The highest BCUT2D eigenvalue weighted by Crippen LogP contribution is 2.35. The minimum absolute atomic E-state index is 0.215. The Bertz CT molecular complexity index is 1100. The predicted octanol–water partition coefficient (Wildman–Crippen LogP) is 4.02. The smallest absolute Gasteiger partial charge is 0.188 e. The molecule has 0 radical (unpaired) electrons. The Morgan fingerprint density at radius 2 is 1.71 bits per heavy atom. The van der Waals surface area contributed by atoms with Crippen molar-refractivity contribution in [1.29, 1.82) is 0 Å². The SMILES string of the molecule is CCc1cccc2c1[nH]c1c3c(c(C(C)=O)cc12)C(=O)C=CC3=O. The highest BCUT2D eigenvalue weighted by molar-refractivity contribution is 6.31. The first-order valence-corrected chi connectivity index (χ1v) is 7.91. The number of para-hydroxylation sites is 1. The van der Waals surface area contributed by atoms with E-state index in [0.29, 0.717) is 16.6 Å². The van der Waals surface area contributed by atoms with E-state index in [1.54, 1.807) is 6.07 Å². The van der Waals surface area contributed by atoms with Crippen LogP contribution < -0.4 is 0 Å². The summed E-state index contributed by atoms with van der Waals surface area (Å²) >= 11 is 0. The molecule has 118 valence electrons. The van der Waals surface area contributed by atoms with Crippen LogP contribution in [0, 0.1) is 0 Å². The molecule has 0 atom stereocenters. The lowest BCUT2D eigenvalue weighted by Gasteiger charge is -2.14. The summed E-state index contributed by atoms with van der Waals surface area (Å²) in [6, 6.07) is 7.70. The number of hydrogen-bond acceptors (Lipinski definition) is 3. The highest BCUT2D eigenvalue weighted by atomic mass is 16.1. The molecule has 0 spiro atoms. The first-order valence-electron chi connectivity index (χ1n) is 7.91. The Balaban J connectivity index is 2.26. The molecule has 0 unspecified atom stereocenters. The Hall–Kier alpha value is -3.01. The molecule has 1 aliphatic rings. The van der Waals surface area contributed by atoms with E-state index in [-0.39, 0.29) is 22.9 Å². The van der Waals surface area contributed by atoms with Crippen molar-refractivity contribution >= 4 is 39.2 Å². The second-order valence-corrected chi connectivity index (χ2v) is 6.03. The molecule has 1 N–H and O–H groups in total. The average Bonchev–Trinajstić information content (AvgIpc) is 2.95. The molecule has 2 aromatic carbocycles. The Labute approximate surface area is 138 Å². The Morgan fingerprint density at radius 1 is 1.00 bits per heavy atom. The number of aromatic amines is 1. The van der Waals surface area contributed by atoms with Gasteiger partial charge in [-0.15, -0.1) is 0 Å². The molecule has 4 nitrogen and oxygen atoms in total. The zero-order valence-corrected chi connectivity index (χ0v) is 13.4. The lowest BCUT2D eigenvalue weighted by atomic mass is 9.87. The molecule has 0 saturated carbocycles. The molecule has 24 heavy (non-hydrogen) atoms. The van der Waals surface area contributed by atoms with E-state index < -0.39 is 0 Å². The molecule has 0 saturated heterocycles. The molecule has 3 aromatic rings. The third kappa shape index (κ3) is 1.83. The molecule has 0 fully saturated rings. The van der Waals surface area contributed by atoms with E-state index in [9.17, 15) is 14.4 Å². The first kappa shape index (κ1) is 14.6. The van der Waals surface area contributed by atoms with Crippen LogP contribution in [-0.2, 0) is 6.42 Å². The van der Waals surface area contributed by atoms with Gasteiger partial charge in [-0.25, -0.2) is 0 Å². The number of carbonyl (C=O) groups excluding carboxylic acids is 3. The van der Waals surface area contributed by atoms with Gasteiger partial charge < -0.3 is 4.98 Å². The summed E-state index contributed by atoms with van der Waals surface area (Å²) in [5, 5.41) is 1.77. The Kier molecular flexibility index (Phi) is 3.03. The molecule has 4 heteroatoms. The number of allylic oxidation sites excluding steroid dienone is 2. The number of Topliss-reactive ketones (excluding diaryl/α,β-unsaturated/α-hetero) is 1. The largest absolute Gasteiger partial charge is 0.354 e. The summed E-state index contributed by atoms with van der Waals surface area (Å²) in [6.45, 7) is 3.48. The van der Waals surface area contributed by atoms with Crippen molar-refractivity contribution < 1.29 is 14.4 Å². The number of nitrogens with one attached hydrogen (secondary N) is 1. The molecule has 1 aliphatic carbocycles. The maximum atomic E-state index is 12.5. The fraction of sp³-hybridized carbons (Fsp3) is 0.150. The van der Waals surface area contributed by atoms with Crippen molar-refractivity contribution in [1.82, 2.24) is 4.98 Å². The highest BCUT2D eigenvalue weighted by Gasteiger charge is 2.28. The van der Waals surface area contributed by atoms with Gasteiger partial charge in [0.2, 0.25) is 0 Å². The quantitative estimate of drug-likeness (QED) is 0.726. The minimum Gasteiger partial charge on any atom is -0.354 e. The monoisotopic (exact) mass is 317 g/mol. The van der Waals surface area contributed by atoms with Crippen LogP contribution in [0.1, 0.15) is 50.5 Å². The zero-order chi connectivity index (χ0) is 17.0. The lowest BCUT2D eigenvalue weighted by molar-refractivity contribution is 0.0979. The lowest BCUT2D eigenvalue weighted by Crippen LogP contribution is -2.16. The standard InChI is InChI=1S/C20H15NO3/c1-3-11-5-4-6-12-14-9-13(10(2)22)17-15(23)7-8-16(24)18(17)20(14)21-19(11)12/h4-9,21H,3H2,1-2H3. The summed E-state index contributed by atoms with van der Waals surface area (Å²) in [5.74, 6) is -0.765. The van der Waals surface area contributed by atoms with Crippen LogP contribution in [0.5, 0.6) is 0 Å². The van der Waals surface area contributed by atoms with Gasteiger partial charge in [0.05, 0.1) is 11.1 Å². The Morgan fingerprint density at radius 3 is 2.38 bits per heavy atom. The molecule has 1 aromatic heterocycles. The van der Waals surface area contributed by atoms with Crippen molar-refractivity contribution in [3.8, 4) is 0 Å². The van der Waals surface area contributed by atoms with Gasteiger partial charge in [-0.2, -0.15) is 0 Å². The van der Waals surface area contributed by atoms with Gasteiger partial charge in [0.15, 0.2) is 17.3 Å². The van der Waals surface area contributed by atoms with Crippen molar-refractivity contribution in [3.05, 3.63) is 58.7 Å². The second kappa shape index (κ2) is 4.99. The number of H-pyrrole nitrogens is 1. The molecule has 4 rings (SSSR count). The van der Waals surface area contributed by atoms with Crippen molar-refractivity contribution in [2.45, 2.75) is 20.3 Å². The van der Waals surface area contributed by atoms with Crippen LogP contribution >= 0.6 is 0 Å². The van der Waals surface area contributed by atoms with E-state index in [2.05, 4.69) is 11.9 Å². The fourth-order valence-electron chi connectivity index (χ4n) is 3.52. The maximum absolute atomic E-state index is 12.5. The molecule has 0 amide bonds. The summed E-state index contributed by atoms with van der Waals surface area (Å²) in [4.78, 5) is 40.2. The van der Waals surface area contributed by atoms with E-state index in [0.717, 1.165) is 28.3 Å². The van der Waals surface area contributed by atoms with E-state index >= 15 is 0 Å². The van der Waals surface area contributed by atoms with E-state index in [4.69, 9.17) is 0 Å². The number of ketones is 3. The second-order valence-electron chi connectivity index (χ2n) is 6.03. The van der Waals surface area contributed by atoms with Crippen molar-refractivity contribution in [3.63, 3.8) is 0 Å². The zero-order valence-electron chi connectivity index (χ0n) is 13.4. The van der Waals surface area contributed by atoms with Crippen LogP contribution in [0.4, 0.5) is 0 Å². The van der Waals surface area contributed by atoms with Crippen LogP contribution in [-0.4, -0.2) is 22.3 Å². The van der Waals surface area contributed by atoms with Gasteiger partial charge in [-0.1, -0.05) is 25.1 Å². The van der Waals surface area contributed by atoms with Crippen LogP contribution in [0.3, 0.4) is 0 Å². The third-order valence-electron chi connectivity index (χ3n) is 4.66. The number of aromatic nitrogens is 1. The number of aryl methyl sites for hydroxylation is 1. The topological polar surface area (TPSA) is 67.0 Å². The number of rotatable bonds is 2. The summed E-state index contributed by atoms with van der Waals surface area (Å²) < 4.78 is 0. The molecule has 0 aliphatic heterocycles. The van der Waals surface area contributed by atoms with Gasteiger partial charge >= 0.3 is 0 Å². The normalized spacial score (nSPS) is 13.8. The van der Waals surface area contributed by atoms with Crippen LogP contribution in [0.25, 0.3) is 21.8 Å². The number of carbonyl (C=O) groups is 3. The fourth-order valence-corrected chi connectivity index (χ4v) is 3.52. The molecule has 0 bridgehead atoms. The van der Waals surface area contributed by atoms with Gasteiger partial charge in [0.25, 0.3) is 0 Å². The first-order chi connectivity index (χ1) is 11.5. The number of fused-ring (bicyclic) bond motifs is 5. The van der Waals surface area contributed by atoms with Crippen molar-refractivity contribution in [2.24, 2.45) is 0 Å². The molecular weight excluding hydrogens is 302 g/mol. The van der Waals surface area contributed by atoms with Gasteiger partial charge in [-0.3, -0.25) is 14.4 Å². The van der Waals surface area contributed by atoms with E-state index in [1.165, 1.54) is 19.1 Å². The minimum atomic E-state index is -0.300. The van der Waals surface area contributed by atoms with Gasteiger partial charge in [-0.05, 0) is 37.1 Å².